The average Bonchev–Trinajstić information content (AvgIpc) is 2.99. The lowest BCUT2D eigenvalue weighted by molar-refractivity contribution is -0.0101. The minimum absolute atomic E-state index is 0.0589. The number of anilines is 2. The largest absolute Gasteiger partial charge is 0.378 e. The summed E-state index contributed by atoms with van der Waals surface area (Å²) in [6, 6.07) is 10.8. The molecule has 9 heteroatoms. The normalized spacial score (nSPS) is 28.9. The van der Waals surface area contributed by atoms with Crippen LogP contribution in [-0.2, 0) is 4.74 Å². The summed E-state index contributed by atoms with van der Waals surface area (Å²) in [5.41, 5.74) is 3.89. The SMILES string of the molecule is CC1C2N=C(c3ccccc3Cl)c3cnc(N4CCOCC4)cc3NC2[C@@H](C)N(C)N1I. The Morgan fingerprint density at radius 2 is 1.88 bits per heavy atom. The topological polar surface area (TPSA) is 56.2 Å². The number of aromatic nitrogens is 1. The number of morpholine rings is 1. The second kappa shape index (κ2) is 9.06. The van der Waals surface area contributed by atoms with Gasteiger partial charge in [0, 0.05) is 83.1 Å². The molecule has 1 N–H and O–H groups in total. The molecule has 1 aromatic heterocycles. The highest BCUT2D eigenvalue weighted by Gasteiger charge is 2.44. The van der Waals surface area contributed by atoms with Crippen LogP contribution in [0.2, 0.25) is 5.02 Å². The number of hydrazine groups is 1. The lowest BCUT2D eigenvalue weighted by atomic mass is 9.93. The van der Waals surface area contributed by atoms with Crippen LogP contribution in [0.3, 0.4) is 0 Å². The quantitative estimate of drug-likeness (QED) is 0.440. The lowest BCUT2D eigenvalue weighted by Crippen LogP contribution is -2.64. The predicted molar refractivity (Wildman–Crippen MR) is 138 cm³/mol. The van der Waals surface area contributed by atoms with E-state index >= 15 is 0 Å². The van der Waals surface area contributed by atoms with Crippen molar-refractivity contribution in [3.63, 3.8) is 0 Å². The zero-order valence-corrected chi connectivity index (χ0v) is 21.4. The molecule has 2 saturated heterocycles. The molecule has 170 valence electrons. The maximum absolute atomic E-state index is 6.66. The highest BCUT2D eigenvalue weighted by atomic mass is 127. The highest BCUT2D eigenvalue weighted by molar-refractivity contribution is 14.1. The molecule has 0 amide bonds. The zero-order chi connectivity index (χ0) is 22.4. The number of ether oxygens (including phenoxy) is 1. The molecule has 3 aliphatic rings. The number of hydrogen-bond donors (Lipinski definition) is 1. The summed E-state index contributed by atoms with van der Waals surface area (Å²) in [4.78, 5) is 12.5. The molecule has 0 spiro atoms. The van der Waals surface area contributed by atoms with Gasteiger partial charge in [-0.3, -0.25) is 4.99 Å². The number of halogens is 2. The monoisotopic (exact) mass is 566 g/mol. The Labute approximate surface area is 208 Å². The van der Waals surface area contributed by atoms with Gasteiger partial charge in [0.2, 0.25) is 0 Å². The molecule has 3 aliphatic heterocycles. The molecule has 0 radical (unpaired) electrons. The summed E-state index contributed by atoms with van der Waals surface area (Å²) < 4.78 is 7.79. The molecule has 2 fully saturated rings. The van der Waals surface area contributed by atoms with Gasteiger partial charge in [-0.05, 0) is 19.9 Å². The Bertz CT molecular complexity index is 1030. The van der Waals surface area contributed by atoms with Crippen LogP contribution >= 0.6 is 34.5 Å². The van der Waals surface area contributed by atoms with Gasteiger partial charge in [-0.1, -0.05) is 29.8 Å². The third kappa shape index (κ3) is 3.90. The van der Waals surface area contributed by atoms with Crippen LogP contribution in [0.25, 0.3) is 0 Å². The molecule has 2 aromatic rings. The fourth-order valence-electron chi connectivity index (χ4n) is 4.78. The lowest BCUT2D eigenvalue weighted by Gasteiger charge is -2.49. The summed E-state index contributed by atoms with van der Waals surface area (Å²) in [5.74, 6) is 0.969. The van der Waals surface area contributed by atoms with Crippen molar-refractivity contribution in [2.45, 2.75) is 38.0 Å². The van der Waals surface area contributed by atoms with Crippen LogP contribution < -0.4 is 10.2 Å². The first kappa shape index (κ1) is 22.3. The number of benzene rings is 1. The molecule has 0 bridgehead atoms. The van der Waals surface area contributed by atoms with Crippen LogP contribution in [0, 0.1) is 0 Å². The van der Waals surface area contributed by atoms with Crippen molar-refractivity contribution in [1.29, 1.82) is 0 Å². The van der Waals surface area contributed by atoms with Crippen molar-refractivity contribution in [3.8, 4) is 0 Å². The molecule has 3 unspecified atom stereocenters. The van der Waals surface area contributed by atoms with Gasteiger partial charge in [-0.2, -0.15) is 3.22 Å². The number of nitrogens with one attached hydrogen (secondary N) is 1. The predicted octanol–water partition coefficient (Wildman–Crippen LogP) is 3.86. The van der Waals surface area contributed by atoms with E-state index in [-0.39, 0.29) is 24.2 Å². The number of rotatable bonds is 2. The molecule has 0 saturated carbocycles. The third-order valence-electron chi connectivity index (χ3n) is 6.82. The van der Waals surface area contributed by atoms with Crippen molar-refractivity contribution >= 4 is 51.7 Å². The third-order valence-corrected chi connectivity index (χ3v) is 8.71. The summed E-state index contributed by atoms with van der Waals surface area (Å²) in [7, 11) is 2.14. The van der Waals surface area contributed by atoms with E-state index in [1.54, 1.807) is 0 Å². The first-order valence-electron chi connectivity index (χ1n) is 11.1. The Balaban J connectivity index is 1.65. The van der Waals surface area contributed by atoms with Crippen LogP contribution in [0.4, 0.5) is 11.5 Å². The van der Waals surface area contributed by atoms with Gasteiger partial charge in [0.1, 0.15) is 5.82 Å². The molecular weight excluding hydrogens is 539 g/mol. The van der Waals surface area contributed by atoms with E-state index in [9.17, 15) is 0 Å². The summed E-state index contributed by atoms with van der Waals surface area (Å²) in [5, 5.41) is 6.86. The molecule has 0 aliphatic carbocycles. The van der Waals surface area contributed by atoms with E-state index in [4.69, 9.17) is 26.3 Å². The fourth-order valence-corrected chi connectivity index (χ4v) is 5.73. The van der Waals surface area contributed by atoms with E-state index in [0.29, 0.717) is 5.02 Å². The second-order valence-electron chi connectivity index (χ2n) is 8.65. The molecule has 5 rings (SSSR count). The molecule has 7 nitrogen and oxygen atoms in total. The molecule has 32 heavy (non-hydrogen) atoms. The van der Waals surface area contributed by atoms with Crippen molar-refractivity contribution < 1.29 is 4.74 Å². The van der Waals surface area contributed by atoms with Gasteiger partial charge in [-0.25, -0.2) is 9.99 Å². The Hall–Kier alpha value is -1.46. The standard InChI is InChI=1S/C23H28ClIN6O/c1-14-21-22(15(2)31(25)29(14)3)28-23(16-6-4-5-7-18(16)24)17-13-26-20(12-19(17)27-21)30-8-10-32-11-9-30/h4-7,12-15,21-22,27H,8-11H2,1-3H3/t14-,15?,21?,22?/m1/s1. The number of aliphatic imine (C=N–C) groups is 1. The van der Waals surface area contributed by atoms with Crippen LogP contribution in [0.5, 0.6) is 0 Å². The highest BCUT2D eigenvalue weighted by Crippen LogP contribution is 2.36. The van der Waals surface area contributed by atoms with E-state index in [1.807, 2.05) is 30.5 Å². The Morgan fingerprint density at radius 3 is 2.62 bits per heavy atom. The summed E-state index contributed by atoms with van der Waals surface area (Å²) in [6.07, 6.45) is 1.95. The van der Waals surface area contributed by atoms with E-state index in [0.717, 1.165) is 54.6 Å². The van der Waals surface area contributed by atoms with E-state index in [2.05, 4.69) is 68.3 Å². The van der Waals surface area contributed by atoms with Gasteiger partial charge in [0.05, 0.1) is 37.1 Å². The van der Waals surface area contributed by atoms with E-state index in [1.165, 1.54) is 0 Å². The minimum atomic E-state index is 0.0589. The smallest absolute Gasteiger partial charge is 0.130 e. The van der Waals surface area contributed by atoms with Gasteiger partial charge < -0.3 is 15.0 Å². The number of likely N-dealkylation sites (N-methyl/N-ethyl adjacent to an activating group) is 1. The molecule has 4 heterocycles. The van der Waals surface area contributed by atoms with Crippen molar-refractivity contribution in [2.24, 2.45) is 4.99 Å². The molecule has 4 atom stereocenters. The van der Waals surface area contributed by atoms with Crippen molar-refractivity contribution in [1.82, 2.24) is 13.2 Å². The first-order chi connectivity index (χ1) is 15.5. The van der Waals surface area contributed by atoms with Crippen molar-refractivity contribution in [2.75, 3.05) is 43.6 Å². The van der Waals surface area contributed by atoms with Gasteiger partial charge in [-0.15, -0.1) is 0 Å². The summed E-state index contributed by atoms with van der Waals surface area (Å²) >= 11 is 9.05. The van der Waals surface area contributed by atoms with Gasteiger partial charge in [0.25, 0.3) is 0 Å². The fraction of sp³-hybridized carbons (Fsp3) is 0.478. The number of fused-ring (bicyclic) bond motifs is 2. The maximum Gasteiger partial charge on any atom is 0.130 e. The summed E-state index contributed by atoms with van der Waals surface area (Å²) in [6.45, 7) is 7.64. The van der Waals surface area contributed by atoms with Crippen LogP contribution in [0.1, 0.15) is 25.0 Å². The van der Waals surface area contributed by atoms with Gasteiger partial charge >= 0.3 is 0 Å². The number of nitrogens with zero attached hydrogens (tertiary/aromatic N) is 5. The Morgan fingerprint density at radius 1 is 1.12 bits per heavy atom. The molecule has 1 aromatic carbocycles. The average molecular weight is 567 g/mol. The number of hydrogen-bond acceptors (Lipinski definition) is 7. The number of pyridine rings is 1. The maximum atomic E-state index is 6.66. The Kier molecular flexibility index (Phi) is 6.32. The minimum Gasteiger partial charge on any atom is -0.378 e. The van der Waals surface area contributed by atoms with Gasteiger partial charge in [0.15, 0.2) is 0 Å². The van der Waals surface area contributed by atoms with Crippen LogP contribution in [0.15, 0.2) is 41.5 Å². The van der Waals surface area contributed by atoms with Crippen LogP contribution in [-0.4, -0.2) is 76.4 Å². The van der Waals surface area contributed by atoms with Crippen molar-refractivity contribution in [3.05, 3.63) is 52.7 Å². The first-order valence-corrected chi connectivity index (χ1v) is 12.4. The second-order valence-corrected chi connectivity index (χ2v) is 10.0. The molecular formula is C23H28ClIN6O. The zero-order valence-electron chi connectivity index (χ0n) is 18.5. The van der Waals surface area contributed by atoms with E-state index < -0.39 is 0 Å².